The van der Waals surface area contributed by atoms with E-state index in [0.29, 0.717) is 26.3 Å². The van der Waals surface area contributed by atoms with E-state index >= 15 is 0 Å². The number of carbonyl (C=O) groups is 1. The first-order valence-corrected chi connectivity index (χ1v) is 8.57. The van der Waals surface area contributed by atoms with Crippen LogP contribution in [0.15, 0.2) is 24.3 Å². The van der Waals surface area contributed by atoms with Crippen molar-refractivity contribution in [3.8, 4) is 0 Å². The summed E-state index contributed by atoms with van der Waals surface area (Å²) in [7, 11) is 0. The summed E-state index contributed by atoms with van der Waals surface area (Å²) in [5, 5.41) is 9.14. The van der Waals surface area contributed by atoms with Crippen molar-refractivity contribution in [1.29, 1.82) is 0 Å². The predicted octanol–water partition coefficient (Wildman–Crippen LogP) is 1.39. The zero-order valence-corrected chi connectivity index (χ0v) is 13.6. The van der Waals surface area contributed by atoms with Gasteiger partial charge in [0.2, 0.25) is 5.91 Å². The van der Waals surface area contributed by atoms with Crippen LogP contribution in [-0.2, 0) is 22.7 Å². The number of hydrogen-bond acceptors (Lipinski definition) is 4. The quantitative estimate of drug-likeness (QED) is 0.911. The van der Waals surface area contributed by atoms with Gasteiger partial charge in [0.25, 0.3) is 0 Å². The van der Waals surface area contributed by atoms with Crippen molar-refractivity contribution < 1.29 is 14.6 Å². The van der Waals surface area contributed by atoms with Crippen LogP contribution in [0.1, 0.15) is 30.4 Å². The predicted molar refractivity (Wildman–Crippen MR) is 87.8 cm³/mol. The van der Waals surface area contributed by atoms with Crippen molar-refractivity contribution in [3.05, 3.63) is 35.4 Å². The van der Waals surface area contributed by atoms with Crippen LogP contribution in [0.3, 0.4) is 0 Å². The summed E-state index contributed by atoms with van der Waals surface area (Å²) in [5.74, 6) is 0.264. The van der Waals surface area contributed by atoms with Crippen molar-refractivity contribution in [3.63, 3.8) is 0 Å². The molecule has 1 unspecified atom stereocenters. The number of nitrogens with zero attached hydrogens (tertiary/aromatic N) is 2. The van der Waals surface area contributed by atoms with Gasteiger partial charge >= 0.3 is 0 Å². The van der Waals surface area contributed by atoms with E-state index in [9.17, 15) is 4.79 Å². The van der Waals surface area contributed by atoms with E-state index in [2.05, 4.69) is 17.0 Å². The molecule has 5 nitrogen and oxygen atoms in total. The Kier molecular flexibility index (Phi) is 5.65. The number of aliphatic hydroxyl groups is 1. The first-order valence-electron chi connectivity index (χ1n) is 8.57. The van der Waals surface area contributed by atoms with Crippen LogP contribution in [0.2, 0.25) is 0 Å². The smallest absolute Gasteiger partial charge is 0.240 e. The molecule has 2 saturated heterocycles. The van der Waals surface area contributed by atoms with Gasteiger partial charge in [-0.05, 0) is 30.5 Å². The lowest BCUT2D eigenvalue weighted by Gasteiger charge is -2.38. The fourth-order valence-corrected chi connectivity index (χ4v) is 3.44. The molecule has 0 aromatic heterocycles. The number of carbonyl (C=O) groups excluding carboxylic acids is 1. The molecule has 0 saturated carbocycles. The maximum Gasteiger partial charge on any atom is 0.240 e. The molecule has 1 aromatic carbocycles. The highest BCUT2D eigenvalue weighted by Crippen LogP contribution is 2.22. The monoisotopic (exact) mass is 318 g/mol. The highest BCUT2D eigenvalue weighted by atomic mass is 16.5. The number of rotatable bonds is 4. The lowest BCUT2D eigenvalue weighted by Crippen LogP contribution is -2.53. The molecule has 126 valence electrons. The van der Waals surface area contributed by atoms with Crippen LogP contribution in [0, 0.1) is 0 Å². The molecule has 5 heteroatoms. The number of benzene rings is 1. The molecular weight excluding hydrogens is 292 g/mol. The summed E-state index contributed by atoms with van der Waals surface area (Å²) >= 11 is 0. The fraction of sp³-hybridized carbons (Fsp3) is 0.611. The summed E-state index contributed by atoms with van der Waals surface area (Å²) in [5.41, 5.74) is 2.12. The van der Waals surface area contributed by atoms with Crippen molar-refractivity contribution >= 4 is 5.91 Å². The number of morpholine rings is 1. The second-order valence-corrected chi connectivity index (χ2v) is 6.39. The fourth-order valence-electron chi connectivity index (χ4n) is 3.44. The summed E-state index contributed by atoms with van der Waals surface area (Å²) in [6.07, 6.45) is 3.23. The number of piperidine rings is 1. The second kappa shape index (κ2) is 7.90. The molecule has 1 atom stereocenters. The Hall–Kier alpha value is -1.43. The zero-order chi connectivity index (χ0) is 16.1. The minimum absolute atomic E-state index is 0.000585. The minimum Gasteiger partial charge on any atom is -0.392 e. The third-order valence-corrected chi connectivity index (χ3v) is 4.81. The number of ether oxygens (including phenoxy) is 1. The van der Waals surface area contributed by atoms with Crippen LogP contribution >= 0.6 is 0 Å². The summed E-state index contributed by atoms with van der Waals surface area (Å²) < 4.78 is 5.35. The Labute approximate surface area is 137 Å². The molecule has 2 heterocycles. The third kappa shape index (κ3) is 4.10. The first-order chi connectivity index (χ1) is 11.3. The molecule has 0 radical (unpaired) electrons. The van der Waals surface area contributed by atoms with Crippen LogP contribution in [0.5, 0.6) is 0 Å². The van der Waals surface area contributed by atoms with Crippen LogP contribution in [0.25, 0.3) is 0 Å². The van der Waals surface area contributed by atoms with Gasteiger partial charge in [0.1, 0.15) is 0 Å². The van der Waals surface area contributed by atoms with Gasteiger partial charge < -0.3 is 14.7 Å². The molecule has 3 rings (SSSR count). The Balaban J connectivity index is 1.66. The SMILES string of the molecule is O=C(C1CCCCN1Cc1ccc(CO)cc1)N1CCOCC1. The van der Waals surface area contributed by atoms with Crippen molar-refractivity contribution in [1.82, 2.24) is 9.80 Å². The molecule has 23 heavy (non-hydrogen) atoms. The molecular formula is C18H26N2O3. The summed E-state index contributed by atoms with van der Waals surface area (Å²) in [4.78, 5) is 17.1. The molecule has 2 aliphatic heterocycles. The largest absolute Gasteiger partial charge is 0.392 e. The maximum atomic E-state index is 12.8. The summed E-state index contributed by atoms with van der Waals surface area (Å²) in [6, 6.07) is 8.02. The van der Waals surface area contributed by atoms with Crippen LogP contribution in [0.4, 0.5) is 0 Å². The molecule has 1 amide bonds. The van der Waals surface area contributed by atoms with Crippen molar-refractivity contribution in [2.24, 2.45) is 0 Å². The van der Waals surface area contributed by atoms with Gasteiger partial charge in [-0.3, -0.25) is 9.69 Å². The Morgan fingerprint density at radius 2 is 1.78 bits per heavy atom. The number of likely N-dealkylation sites (tertiary alicyclic amines) is 1. The van der Waals surface area contributed by atoms with E-state index < -0.39 is 0 Å². The van der Waals surface area contributed by atoms with E-state index in [1.807, 2.05) is 17.0 Å². The Morgan fingerprint density at radius 1 is 1.09 bits per heavy atom. The van der Waals surface area contributed by atoms with Gasteiger partial charge in [-0.25, -0.2) is 0 Å². The van der Waals surface area contributed by atoms with Gasteiger partial charge in [0.05, 0.1) is 25.9 Å². The third-order valence-electron chi connectivity index (χ3n) is 4.81. The maximum absolute atomic E-state index is 12.8. The zero-order valence-electron chi connectivity index (χ0n) is 13.6. The van der Waals surface area contributed by atoms with E-state index in [0.717, 1.165) is 37.9 Å². The molecule has 1 N–H and O–H groups in total. The Bertz CT molecular complexity index is 512. The lowest BCUT2D eigenvalue weighted by atomic mass is 9.99. The average Bonchev–Trinajstić information content (AvgIpc) is 2.63. The number of amides is 1. The lowest BCUT2D eigenvalue weighted by molar-refractivity contribution is -0.142. The minimum atomic E-state index is -0.000585. The topological polar surface area (TPSA) is 53.0 Å². The van der Waals surface area contributed by atoms with Crippen molar-refractivity contribution in [2.45, 2.75) is 38.5 Å². The average molecular weight is 318 g/mol. The van der Waals surface area contributed by atoms with E-state index in [-0.39, 0.29) is 18.6 Å². The van der Waals surface area contributed by atoms with E-state index in [4.69, 9.17) is 9.84 Å². The number of hydrogen-bond donors (Lipinski definition) is 1. The molecule has 0 aliphatic carbocycles. The standard InChI is InChI=1S/C18H26N2O3/c21-14-16-6-4-15(5-7-16)13-20-8-2-1-3-17(20)18(22)19-9-11-23-12-10-19/h4-7,17,21H,1-3,8-14H2. The van der Waals surface area contributed by atoms with E-state index in [1.165, 1.54) is 5.56 Å². The van der Waals surface area contributed by atoms with E-state index in [1.54, 1.807) is 0 Å². The molecule has 1 aromatic rings. The number of aliphatic hydroxyl groups excluding tert-OH is 1. The van der Waals surface area contributed by atoms with Crippen LogP contribution in [-0.4, -0.2) is 59.7 Å². The molecule has 2 aliphatic rings. The van der Waals surface area contributed by atoms with Crippen LogP contribution < -0.4 is 0 Å². The molecule has 0 bridgehead atoms. The molecule has 2 fully saturated rings. The van der Waals surface area contributed by atoms with Gasteiger partial charge in [0, 0.05) is 19.6 Å². The molecule has 0 spiro atoms. The second-order valence-electron chi connectivity index (χ2n) is 6.39. The van der Waals surface area contributed by atoms with Gasteiger partial charge in [-0.2, -0.15) is 0 Å². The van der Waals surface area contributed by atoms with Crippen molar-refractivity contribution in [2.75, 3.05) is 32.8 Å². The van der Waals surface area contributed by atoms with Gasteiger partial charge in [-0.1, -0.05) is 30.7 Å². The first kappa shape index (κ1) is 16.4. The van der Waals surface area contributed by atoms with Gasteiger partial charge in [-0.15, -0.1) is 0 Å². The Morgan fingerprint density at radius 3 is 2.48 bits per heavy atom. The van der Waals surface area contributed by atoms with Gasteiger partial charge in [0.15, 0.2) is 0 Å². The summed E-state index contributed by atoms with van der Waals surface area (Å²) in [6.45, 7) is 4.59. The highest BCUT2D eigenvalue weighted by Gasteiger charge is 2.32. The highest BCUT2D eigenvalue weighted by molar-refractivity contribution is 5.82. The normalized spacial score (nSPS) is 23.0.